The van der Waals surface area contributed by atoms with E-state index in [1.165, 1.54) is 0 Å². The number of hydrogen-bond acceptors (Lipinski definition) is 4. The average Bonchev–Trinajstić information content (AvgIpc) is 2.74. The van der Waals surface area contributed by atoms with E-state index in [4.69, 9.17) is 0 Å². The second-order valence-electron chi connectivity index (χ2n) is 5.87. The van der Waals surface area contributed by atoms with E-state index in [2.05, 4.69) is 26.0 Å². The van der Waals surface area contributed by atoms with Crippen LogP contribution in [-0.2, 0) is 0 Å². The van der Waals surface area contributed by atoms with Crippen molar-refractivity contribution < 1.29 is 0 Å². The molecule has 4 rings (SSSR count). The zero-order valence-electron chi connectivity index (χ0n) is 14.5. The van der Waals surface area contributed by atoms with E-state index in [1.807, 2.05) is 97.1 Å². The first-order chi connectivity index (χ1) is 13.4. The van der Waals surface area contributed by atoms with E-state index < -0.39 is 0 Å². The highest BCUT2D eigenvalue weighted by Gasteiger charge is 2.07. The monoisotopic (exact) mass is 351 g/mol. The molecule has 4 aromatic carbocycles. The maximum atomic E-state index is 4.40. The number of benzene rings is 4. The minimum Gasteiger partial charge on any atom is -0.260 e. The van der Waals surface area contributed by atoms with E-state index >= 15 is 0 Å². The summed E-state index contributed by atoms with van der Waals surface area (Å²) in [6.45, 7) is 0. The van der Waals surface area contributed by atoms with Gasteiger partial charge in [0.05, 0.1) is 11.4 Å². The molecule has 0 unspecified atom stereocenters. The number of nitrogens with zero attached hydrogens (tertiary/aromatic N) is 4. The molecule has 1 N–H and O–H groups in total. The van der Waals surface area contributed by atoms with Crippen molar-refractivity contribution >= 4 is 33.5 Å². The molecule has 5 nitrogen and oxygen atoms in total. The number of azo groups is 1. The fraction of sp³-hybridized carbons (Fsp3) is 0. The summed E-state index contributed by atoms with van der Waals surface area (Å²) < 4.78 is 0. The lowest BCUT2D eigenvalue weighted by atomic mass is 10.1. The first-order valence-corrected chi connectivity index (χ1v) is 8.60. The van der Waals surface area contributed by atoms with Gasteiger partial charge in [-0.1, -0.05) is 72.0 Å². The van der Waals surface area contributed by atoms with Crippen molar-refractivity contribution in [2.24, 2.45) is 20.6 Å². The van der Waals surface area contributed by atoms with Gasteiger partial charge in [-0.25, -0.2) is 0 Å². The molecule has 5 heteroatoms. The number of nitrogens with one attached hydrogen (secondary N) is 1. The molecule has 0 aliphatic carbocycles. The topological polar surface area (TPSA) is 61.5 Å². The molecule has 0 spiro atoms. The molecule has 0 aliphatic rings. The molecule has 0 fully saturated rings. The van der Waals surface area contributed by atoms with Gasteiger partial charge in [0.25, 0.3) is 0 Å². The fourth-order valence-electron chi connectivity index (χ4n) is 2.68. The number of para-hydroxylation sites is 1. The molecule has 27 heavy (non-hydrogen) atoms. The highest BCUT2D eigenvalue weighted by atomic mass is 15.4. The Bertz CT molecular complexity index is 1090. The lowest BCUT2D eigenvalue weighted by Gasteiger charge is -2.05. The van der Waals surface area contributed by atoms with E-state index in [1.54, 1.807) is 0 Å². The van der Waals surface area contributed by atoms with Crippen LogP contribution in [0.2, 0.25) is 0 Å². The number of rotatable bonds is 5. The Kier molecular flexibility index (Phi) is 4.93. The molecule has 130 valence electrons. The van der Waals surface area contributed by atoms with Crippen LogP contribution in [0.1, 0.15) is 0 Å². The Balaban J connectivity index is 1.70. The second kappa shape index (κ2) is 8.01. The van der Waals surface area contributed by atoms with Gasteiger partial charge < -0.3 is 0 Å². The third-order valence-corrected chi connectivity index (χ3v) is 4.01. The lowest BCUT2D eigenvalue weighted by molar-refractivity contribution is 1.12. The van der Waals surface area contributed by atoms with Crippen molar-refractivity contribution in [1.82, 2.24) is 0 Å². The SMILES string of the molecule is c1ccc(N=Nc2ccc3ccccc3c2N=NNc2ccccc2)cc1. The fourth-order valence-corrected chi connectivity index (χ4v) is 2.68. The Labute approximate surface area is 157 Å². The van der Waals surface area contributed by atoms with Gasteiger partial charge in [-0.2, -0.15) is 5.11 Å². The predicted molar refractivity (Wildman–Crippen MR) is 109 cm³/mol. The van der Waals surface area contributed by atoms with Crippen LogP contribution in [0.25, 0.3) is 10.8 Å². The van der Waals surface area contributed by atoms with Crippen LogP contribution in [0.3, 0.4) is 0 Å². The maximum absolute atomic E-state index is 4.40. The average molecular weight is 351 g/mol. The molecule has 0 saturated carbocycles. The molecule has 0 atom stereocenters. The lowest BCUT2D eigenvalue weighted by Crippen LogP contribution is -1.85. The number of anilines is 1. The van der Waals surface area contributed by atoms with Crippen LogP contribution < -0.4 is 5.43 Å². The quantitative estimate of drug-likeness (QED) is 0.296. The predicted octanol–water partition coefficient (Wildman–Crippen LogP) is 7.37. The third kappa shape index (κ3) is 4.04. The Morgan fingerprint density at radius 1 is 0.556 bits per heavy atom. The summed E-state index contributed by atoms with van der Waals surface area (Å²) >= 11 is 0. The van der Waals surface area contributed by atoms with Crippen molar-refractivity contribution in [2.75, 3.05) is 5.43 Å². The summed E-state index contributed by atoms with van der Waals surface area (Å²) in [5.74, 6) is 0. The van der Waals surface area contributed by atoms with E-state index in [9.17, 15) is 0 Å². The first-order valence-electron chi connectivity index (χ1n) is 8.60. The summed E-state index contributed by atoms with van der Waals surface area (Å²) in [5.41, 5.74) is 5.94. The van der Waals surface area contributed by atoms with Crippen LogP contribution in [0, 0.1) is 0 Å². The number of fused-ring (bicyclic) bond motifs is 1. The summed E-state index contributed by atoms with van der Waals surface area (Å²) in [4.78, 5) is 0. The summed E-state index contributed by atoms with van der Waals surface area (Å²) in [5, 5.41) is 19.3. The van der Waals surface area contributed by atoms with Crippen molar-refractivity contribution in [2.45, 2.75) is 0 Å². The van der Waals surface area contributed by atoms with Crippen molar-refractivity contribution in [1.29, 1.82) is 0 Å². The summed E-state index contributed by atoms with van der Waals surface area (Å²) in [6.07, 6.45) is 0. The Morgan fingerprint density at radius 2 is 1.26 bits per heavy atom. The summed E-state index contributed by atoms with van der Waals surface area (Å²) in [6, 6.07) is 31.2. The number of hydrogen-bond donors (Lipinski definition) is 1. The van der Waals surface area contributed by atoms with Gasteiger partial charge in [-0.05, 0) is 35.7 Å². The Hall–Kier alpha value is -3.86. The minimum atomic E-state index is 0.663. The van der Waals surface area contributed by atoms with Gasteiger partial charge in [-0.3, -0.25) is 5.43 Å². The van der Waals surface area contributed by atoms with Crippen LogP contribution in [0.5, 0.6) is 0 Å². The molecule has 0 saturated heterocycles. The van der Waals surface area contributed by atoms with E-state index in [0.717, 1.165) is 22.1 Å². The van der Waals surface area contributed by atoms with Gasteiger partial charge in [-0.15, -0.1) is 10.2 Å². The van der Waals surface area contributed by atoms with Crippen molar-refractivity contribution in [3.05, 3.63) is 97.1 Å². The molecule has 0 aromatic heterocycles. The van der Waals surface area contributed by atoms with Gasteiger partial charge >= 0.3 is 0 Å². The summed E-state index contributed by atoms with van der Waals surface area (Å²) in [7, 11) is 0. The van der Waals surface area contributed by atoms with Crippen LogP contribution in [0.15, 0.2) is 118 Å². The third-order valence-electron chi connectivity index (χ3n) is 4.01. The molecule has 0 bridgehead atoms. The molecular weight excluding hydrogens is 334 g/mol. The Morgan fingerprint density at radius 3 is 2.07 bits per heavy atom. The molecule has 4 aromatic rings. The van der Waals surface area contributed by atoms with Crippen LogP contribution in [0.4, 0.5) is 22.7 Å². The highest BCUT2D eigenvalue weighted by Crippen LogP contribution is 2.37. The minimum absolute atomic E-state index is 0.663. The van der Waals surface area contributed by atoms with Crippen LogP contribution >= 0.6 is 0 Å². The molecule has 0 aliphatic heterocycles. The highest BCUT2D eigenvalue weighted by molar-refractivity contribution is 5.97. The van der Waals surface area contributed by atoms with Gasteiger partial charge in [0.1, 0.15) is 11.4 Å². The zero-order valence-corrected chi connectivity index (χ0v) is 14.5. The smallest absolute Gasteiger partial charge is 0.123 e. The molecular formula is C22H17N5. The zero-order chi connectivity index (χ0) is 18.3. The molecule has 0 amide bonds. The van der Waals surface area contributed by atoms with Crippen LogP contribution in [-0.4, -0.2) is 0 Å². The first kappa shape index (κ1) is 16.6. The normalized spacial score (nSPS) is 11.4. The second-order valence-corrected chi connectivity index (χ2v) is 5.87. The van der Waals surface area contributed by atoms with Gasteiger partial charge in [0, 0.05) is 5.39 Å². The molecule has 0 heterocycles. The largest absolute Gasteiger partial charge is 0.260 e. The van der Waals surface area contributed by atoms with Gasteiger partial charge in [0.15, 0.2) is 0 Å². The van der Waals surface area contributed by atoms with Gasteiger partial charge in [0.2, 0.25) is 0 Å². The molecule has 0 radical (unpaired) electrons. The van der Waals surface area contributed by atoms with Crippen molar-refractivity contribution in [3.63, 3.8) is 0 Å². The standard InChI is InChI=1S/C22H17N5/c1-3-10-18(11-4-1)23-25-21-16-15-17-9-7-8-14-20(17)22(21)26-27-24-19-12-5-2-6-13-19/h1-16H,(H,24,26). The van der Waals surface area contributed by atoms with E-state index in [-0.39, 0.29) is 0 Å². The van der Waals surface area contributed by atoms with E-state index in [0.29, 0.717) is 11.4 Å². The van der Waals surface area contributed by atoms with Crippen molar-refractivity contribution in [3.8, 4) is 0 Å². The maximum Gasteiger partial charge on any atom is 0.123 e.